The summed E-state index contributed by atoms with van der Waals surface area (Å²) < 4.78 is 5.14. The second kappa shape index (κ2) is 8.36. The van der Waals surface area contributed by atoms with Crippen molar-refractivity contribution in [2.24, 2.45) is 0 Å². The van der Waals surface area contributed by atoms with Gasteiger partial charge in [-0.3, -0.25) is 9.59 Å². The van der Waals surface area contributed by atoms with Crippen LogP contribution in [0.4, 0.5) is 0 Å². The second-order valence-corrected chi connectivity index (χ2v) is 4.98. The first kappa shape index (κ1) is 18.7. The van der Waals surface area contributed by atoms with Crippen LogP contribution in [0.15, 0.2) is 0 Å². The lowest BCUT2D eigenvalue weighted by Crippen LogP contribution is -2.63. The number of rotatable bonds is 6. The molecule has 0 saturated carbocycles. The molecule has 1 aliphatic heterocycles. The smallest absolute Gasteiger partial charge is 0.237 e. The molecule has 6 atom stereocenters. The average Bonchev–Trinajstić information content (AvgIpc) is 2.52. The minimum Gasteiger partial charge on any atom is -0.394 e. The molecule has 10 heteroatoms. The maximum absolute atomic E-state index is 11.9. The van der Waals surface area contributed by atoms with E-state index in [1.54, 1.807) is 0 Å². The first-order valence-corrected chi connectivity index (χ1v) is 6.84. The van der Waals surface area contributed by atoms with E-state index in [4.69, 9.17) is 9.84 Å². The van der Waals surface area contributed by atoms with Crippen LogP contribution in [-0.4, -0.2) is 89.6 Å². The Morgan fingerprint density at radius 2 is 1.77 bits per heavy atom. The normalized spacial score (nSPS) is 33.1. The second-order valence-electron chi connectivity index (χ2n) is 4.98. The molecule has 0 bridgehead atoms. The van der Waals surface area contributed by atoms with Crippen LogP contribution in [0.5, 0.6) is 0 Å². The third-order valence-corrected chi connectivity index (χ3v) is 3.50. The highest BCUT2D eigenvalue weighted by molar-refractivity contribution is 5.88. The summed E-state index contributed by atoms with van der Waals surface area (Å²) in [6, 6.07) is -0.769. The molecule has 3 unspecified atom stereocenters. The predicted molar refractivity (Wildman–Crippen MR) is 73.4 cm³/mol. The number of aliphatic hydroxyl groups is 4. The number of carbonyl (C=O) groups is 2. The van der Waals surface area contributed by atoms with Crippen molar-refractivity contribution in [3.8, 4) is 0 Å². The van der Waals surface area contributed by atoms with Gasteiger partial charge in [-0.1, -0.05) is 0 Å². The fraction of sp³-hybridized carbons (Fsp3) is 0.833. The maximum atomic E-state index is 11.9. The van der Waals surface area contributed by atoms with Crippen LogP contribution < -0.4 is 16.0 Å². The number of likely N-dealkylation sites (N-methyl/N-ethyl adjacent to an activating group) is 2. The number of carbonyl (C=O) groups excluding carboxylic acids is 2. The van der Waals surface area contributed by atoms with E-state index in [-0.39, 0.29) is 12.3 Å². The van der Waals surface area contributed by atoms with Crippen LogP contribution in [-0.2, 0) is 14.3 Å². The summed E-state index contributed by atoms with van der Waals surface area (Å²) in [5, 5.41) is 45.5. The van der Waals surface area contributed by atoms with E-state index in [1.165, 1.54) is 14.1 Å². The summed E-state index contributed by atoms with van der Waals surface area (Å²) in [7, 11) is 2.95. The van der Waals surface area contributed by atoms with Gasteiger partial charge < -0.3 is 41.1 Å². The minimum absolute atomic E-state index is 0.217. The van der Waals surface area contributed by atoms with Crippen molar-refractivity contribution in [3.05, 3.63) is 0 Å². The predicted octanol–water partition coefficient (Wildman–Crippen LogP) is -4.37. The lowest BCUT2D eigenvalue weighted by Gasteiger charge is -2.40. The van der Waals surface area contributed by atoms with Crippen LogP contribution in [0.3, 0.4) is 0 Å². The zero-order valence-corrected chi connectivity index (χ0v) is 12.4. The van der Waals surface area contributed by atoms with Crippen LogP contribution in [0, 0.1) is 0 Å². The fourth-order valence-electron chi connectivity index (χ4n) is 2.12. The molecule has 1 heterocycles. The van der Waals surface area contributed by atoms with Gasteiger partial charge in [0.25, 0.3) is 0 Å². The first-order valence-electron chi connectivity index (χ1n) is 6.84. The number of nitrogens with one attached hydrogen (secondary N) is 3. The van der Waals surface area contributed by atoms with E-state index in [0.717, 1.165) is 0 Å². The van der Waals surface area contributed by atoms with E-state index in [0.29, 0.717) is 0 Å². The molecule has 1 aliphatic rings. The molecule has 1 saturated heterocycles. The molecule has 0 radical (unpaired) electrons. The lowest BCUT2D eigenvalue weighted by molar-refractivity contribution is -0.236. The van der Waals surface area contributed by atoms with E-state index in [2.05, 4.69) is 16.0 Å². The van der Waals surface area contributed by atoms with Crippen molar-refractivity contribution in [2.75, 3.05) is 20.7 Å². The summed E-state index contributed by atoms with van der Waals surface area (Å²) in [4.78, 5) is 23.4. The standard InChI is InChI=1S/C12H23N3O7/c1-13-5(11(21)14-2)3-7(17)15-12-10(20)9(19)8(18)6(4-16)22-12/h5-6,8-10,12-13,16,18-20H,3-4H2,1-2H3,(H,14,21)(H,15,17)/t5?,6?,8-,9+,10?,12-/m1/s1. The highest BCUT2D eigenvalue weighted by atomic mass is 16.6. The molecule has 10 nitrogen and oxygen atoms in total. The van der Waals surface area contributed by atoms with Gasteiger partial charge in [0.05, 0.1) is 19.1 Å². The molecule has 0 aromatic rings. The number of amides is 2. The Labute approximate surface area is 127 Å². The molecule has 7 N–H and O–H groups in total. The Morgan fingerprint density at radius 3 is 2.27 bits per heavy atom. The third kappa shape index (κ3) is 4.35. The molecular weight excluding hydrogens is 298 g/mol. The highest BCUT2D eigenvalue weighted by Crippen LogP contribution is 2.19. The Kier molecular flexibility index (Phi) is 7.13. The van der Waals surface area contributed by atoms with Crippen molar-refractivity contribution in [3.63, 3.8) is 0 Å². The first-order chi connectivity index (χ1) is 10.3. The van der Waals surface area contributed by atoms with Gasteiger partial charge in [0.15, 0.2) is 6.23 Å². The van der Waals surface area contributed by atoms with Crippen LogP contribution in [0.1, 0.15) is 6.42 Å². The monoisotopic (exact) mass is 321 g/mol. The van der Waals surface area contributed by atoms with Crippen LogP contribution >= 0.6 is 0 Å². The summed E-state index contributed by atoms with van der Waals surface area (Å²) in [6.07, 6.45) is -7.26. The van der Waals surface area contributed by atoms with Gasteiger partial charge in [0, 0.05) is 7.05 Å². The number of hydrogen-bond donors (Lipinski definition) is 7. The fourth-order valence-corrected chi connectivity index (χ4v) is 2.12. The topological polar surface area (TPSA) is 160 Å². The summed E-state index contributed by atoms with van der Waals surface area (Å²) in [5.74, 6) is -0.987. The van der Waals surface area contributed by atoms with E-state index in [1.807, 2.05) is 0 Å². The van der Waals surface area contributed by atoms with Crippen molar-refractivity contribution < 1.29 is 34.8 Å². The van der Waals surface area contributed by atoms with E-state index in [9.17, 15) is 24.9 Å². The Bertz CT molecular complexity index is 393. The van der Waals surface area contributed by atoms with Gasteiger partial charge in [-0.05, 0) is 7.05 Å². The van der Waals surface area contributed by atoms with Gasteiger partial charge in [-0.15, -0.1) is 0 Å². The van der Waals surface area contributed by atoms with Crippen LogP contribution in [0.25, 0.3) is 0 Å². The molecule has 1 fully saturated rings. The Morgan fingerprint density at radius 1 is 1.14 bits per heavy atom. The zero-order chi connectivity index (χ0) is 16.9. The van der Waals surface area contributed by atoms with Crippen LogP contribution in [0.2, 0.25) is 0 Å². The largest absolute Gasteiger partial charge is 0.394 e. The van der Waals surface area contributed by atoms with Gasteiger partial charge in [-0.25, -0.2) is 0 Å². The van der Waals surface area contributed by atoms with Gasteiger partial charge in [-0.2, -0.15) is 0 Å². The van der Waals surface area contributed by atoms with Crippen molar-refractivity contribution in [1.82, 2.24) is 16.0 Å². The SMILES string of the molecule is CNC(=O)C(CC(=O)N[C@@H]1OC(CO)[C@@H](O)[C@H](O)C1O)NC. The molecule has 128 valence electrons. The molecule has 0 aromatic heterocycles. The van der Waals surface area contributed by atoms with Crippen molar-refractivity contribution in [2.45, 2.75) is 43.1 Å². The highest BCUT2D eigenvalue weighted by Gasteiger charge is 2.44. The summed E-state index contributed by atoms with van der Waals surface area (Å²) in [5.41, 5.74) is 0. The lowest BCUT2D eigenvalue weighted by atomic mass is 9.98. The molecule has 0 aliphatic carbocycles. The van der Waals surface area contributed by atoms with Crippen molar-refractivity contribution >= 4 is 11.8 Å². The molecule has 1 rings (SSSR count). The molecule has 22 heavy (non-hydrogen) atoms. The minimum atomic E-state index is -1.57. The van der Waals surface area contributed by atoms with E-state index < -0.39 is 49.2 Å². The Hall–Kier alpha value is -1.30. The number of aliphatic hydroxyl groups excluding tert-OH is 4. The molecular formula is C12H23N3O7. The zero-order valence-electron chi connectivity index (χ0n) is 12.4. The molecule has 0 aromatic carbocycles. The molecule has 0 spiro atoms. The van der Waals surface area contributed by atoms with Gasteiger partial charge in [0.2, 0.25) is 11.8 Å². The quantitative estimate of drug-likeness (QED) is 0.258. The van der Waals surface area contributed by atoms with Gasteiger partial charge in [0.1, 0.15) is 24.4 Å². The van der Waals surface area contributed by atoms with Crippen molar-refractivity contribution in [1.29, 1.82) is 0 Å². The number of hydrogen-bond acceptors (Lipinski definition) is 8. The maximum Gasteiger partial charge on any atom is 0.237 e. The van der Waals surface area contributed by atoms with Gasteiger partial charge >= 0.3 is 0 Å². The third-order valence-electron chi connectivity index (χ3n) is 3.50. The Balaban J connectivity index is 2.64. The summed E-state index contributed by atoms with van der Waals surface area (Å²) in [6.45, 7) is -0.589. The average molecular weight is 321 g/mol. The van der Waals surface area contributed by atoms with E-state index >= 15 is 0 Å². The summed E-state index contributed by atoms with van der Waals surface area (Å²) >= 11 is 0. The molecule has 2 amide bonds. The number of ether oxygens (including phenoxy) is 1.